The lowest BCUT2D eigenvalue weighted by Gasteiger charge is -2.08. The van der Waals surface area contributed by atoms with E-state index in [2.05, 4.69) is 10.6 Å². The van der Waals surface area contributed by atoms with Gasteiger partial charge in [0, 0.05) is 35.7 Å². The van der Waals surface area contributed by atoms with Crippen LogP contribution in [0.15, 0.2) is 47.4 Å². The fraction of sp³-hybridized carbons (Fsp3) is 0.263. The molecule has 2 rings (SSSR count). The van der Waals surface area contributed by atoms with Crippen LogP contribution in [0.1, 0.15) is 22.3 Å². The Morgan fingerprint density at radius 1 is 1.00 bits per heavy atom. The van der Waals surface area contributed by atoms with Crippen molar-refractivity contribution < 1.29 is 18.4 Å². The van der Waals surface area contributed by atoms with Crippen molar-refractivity contribution in [1.29, 1.82) is 0 Å². The number of carbonyl (C=O) groups is 2. The molecule has 0 spiro atoms. The number of hydrogen-bond donors (Lipinski definition) is 2. The number of benzene rings is 2. The second-order valence-corrected chi connectivity index (χ2v) is 6.79. The molecular formula is C19H20F2N2O2S. The third kappa shape index (κ3) is 6.48. The molecule has 0 atom stereocenters. The largest absolute Gasteiger partial charge is 0.354 e. The monoisotopic (exact) mass is 378 g/mol. The van der Waals surface area contributed by atoms with Gasteiger partial charge in [-0.25, -0.2) is 8.78 Å². The fourth-order valence-corrected chi connectivity index (χ4v) is 2.95. The molecule has 2 N–H and O–H groups in total. The van der Waals surface area contributed by atoms with Crippen LogP contribution < -0.4 is 10.6 Å². The number of nitrogens with one attached hydrogen (secondary N) is 2. The van der Waals surface area contributed by atoms with Gasteiger partial charge >= 0.3 is 0 Å². The van der Waals surface area contributed by atoms with E-state index >= 15 is 0 Å². The SMILES string of the molecule is Cc1ccc(C(=O)NCCNC(=O)CCSc2ccc(F)cc2)cc1F. The van der Waals surface area contributed by atoms with E-state index < -0.39 is 5.82 Å². The summed E-state index contributed by atoms with van der Waals surface area (Å²) in [6.45, 7) is 2.17. The van der Waals surface area contributed by atoms with Gasteiger partial charge in [0.15, 0.2) is 0 Å². The summed E-state index contributed by atoms with van der Waals surface area (Å²) in [4.78, 5) is 24.5. The zero-order valence-corrected chi connectivity index (χ0v) is 15.2. The summed E-state index contributed by atoms with van der Waals surface area (Å²) in [6.07, 6.45) is 0.319. The van der Waals surface area contributed by atoms with E-state index in [4.69, 9.17) is 0 Å². The zero-order valence-electron chi connectivity index (χ0n) is 14.4. The highest BCUT2D eigenvalue weighted by molar-refractivity contribution is 7.99. The number of halogens is 2. The van der Waals surface area contributed by atoms with Gasteiger partial charge < -0.3 is 10.6 Å². The van der Waals surface area contributed by atoms with Gasteiger partial charge in [-0.3, -0.25) is 9.59 Å². The average molecular weight is 378 g/mol. The Morgan fingerprint density at radius 3 is 2.38 bits per heavy atom. The highest BCUT2D eigenvalue weighted by atomic mass is 32.2. The topological polar surface area (TPSA) is 58.2 Å². The number of carbonyl (C=O) groups excluding carboxylic acids is 2. The van der Waals surface area contributed by atoms with Gasteiger partial charge in [-0.2, -0.15) is 0 Å². The molecule has 0 aliphatic carbocycles. The summed E-state index contributed by atoms with van der Waals surface area (Å²) in [5, 5.41) is 5.33. The van der Waals surface area contributed by atoms with Crippen molar-refractivity contribution in [3.63, 3.8) is 0 Å². The van der Waals surface area contributed by atoms with Crippen molar-refractivity contribution in [1.82, 2.24) is 10.6 Å². The Hall–Kier alpha value is -2.41. The molecule has 2 aromatic carbocycles. The minimum atomic E-state index is -0.426. The van der Waals surface area contributed by atoms with Crippen LogP contribution in [-0.4, -0.2) is 30.7 Å². The molecule has 0 fully saturated rings. The van der Waals surface area contributed by atoms with Crippen molar-refractivity contribution in [2.24, 2.45) is 0 Å². The summed E-state index contributed by atoms with van der Waals surface area (Å²) in [5.41, 5.74) is 0.724. The molecule has 0 heterocycles. The molecule has 2 aromatic rings. The van der Waals surface area contributed by atoms with Gasteiger partial charge in [0.2, 0.25) is 5.91 Å². The Labute approximate surface area is 155 Å². The van der Waals surface area contributed by atoms with E-state index in [1.807, 2.05) is 0 Å². The molecule has 0 saturated heterocycles. The maximum absolute atomic E-state index is 13.4. The number of amides is 2. The van der Waals surface area contributed by atoms with Crippen LogP contribution in [0.2, 0.25) is 0 Å². The molecule has 138 valence electrons. The molecule has 0 aromatic heterocycles. The van der Waals surface area contributed by atoms with Crippen molar-refractivity contribution in [2.45, 2.75) is 18.2 Å². The molecule has 0 unspecified atom stereocenters. The molecule has 0 saturated carbocycles. The number of hydrogen-bond acceptors (Lipinski definition) is 3. The van der Waals surface area contributed by atoms with Crippen LogP contribution in [0.25, 0.3) is 0 Å². The second-order valence-electron chi connectivity index (χ2n) is 5.62. The summed E-state index contributed by atoms with van der Waals surface area (Å²) < 4.78 is 26.2. The van der Waals surface area contributed by atoms with Crippen LogP contribution in [0, 0.1) is 18.6 Å². The number of thioether (sulfide) groups is 1. The predicted molar refractivity (Wildman–Crippen MR) is 98.2 cm³/mol. The maximum atomic E-state index is 13.4. The van der Waals surface area contributed by atoms with E-state index in [9.17, 15) is 18.4 Å². The summed E-state index contributed by atoms with van der Waals surface area (Å²) in [5.74, 6) is -0.653. The average Bonchev–Trinajstić information content (AvgIpc) is 2.62. The molecule has 0 aliphatic rings. The normalized spacial score (nSPS) is 10.4. The molecule has 2 amide bonds. The van der Waals surface area contributed by atoms with E-state index in [1.165, 1.54) is 30.0 Å². The van der Waals surface area contributed by atoms with Gasteiger partial charge in [-0.1, -0.05) is 6.07 Å². The van der Waals surface area contributed by atoms with Crippen LogP contribution >= 0.6 is 11.8 Å². The highest BCUT2D eigenvalue weighted by Gasteiger charge is 2.08. The highest BCUT2D eigenvalue weighted by Crippen LogP contribution is 2.18. The Bertz CT molecular complexity index is 767. The molecule has 0 bridgehead atoms. The van der Waals surface area contributed by atoms with Crippen LogP contribution in [0.3, 0.4) is 0 Å². The minimum absolute atomic E-state index is 0.129. The standard InChI is InChI=1S/C19H20F2N2O2S/c1-13-2-3-14(12-17(13)21)19(25)23-10-9-22-18(24)8-11-26-16-6-4-15(20)5-7-16/h2-7,12H,8-11H2,1H3,(H,22,24)(H,23,25). The second kappa shape index (κ2) is 9.91. The third-order valence-electron chi connectivity index (χ3n) is 3.58. The van der Waals surface area contributed by atoms with Gasteiger partial charge in [-0.05, 0) is 48.9 Å². The summed E-state index contributed by atoms with van der Waals surface area (Å²) in [6, 6.07) is 10.4. The van der Waals surface area contributed by atoms with Gasteiger partial charge in [0.25, 0.3) is 5.91 Å². The van der Waals surface area contributed by atoms with E-state index in [0.29, 0.717) is 24.3 Å². The van der Waals surface area contributed by atoms with Crippen LogP contribution in [0.4, 0.5) is 8.78 Å². The number of rotatable bonds is 8. The molecule has 0 radical (unpaired) electrons. The Balaban J connectivity index is 1.61. The lowest BCUT2D eigenvalue weighted by atomic mass is 10.1. The van der Waals surface area contributed by atoms with Crippen molar-refractivity contribution in [3.8, 4) is 0 Å². The van der Waals surface area contributed by atoms with E-state index in [0.717, 1.165) is 4.90 Å². The molecule has 0 aliphatic heterocycles. The minimum Gasteiger partial charge on any atom is -0.354 e. The first kappa shape index (κ1) is 19.9. The van der Waals surface area contributed by atoms with Crippen molar-refractivity contribution >= 4 is 23.6 Å². The summed E-state index contributed by atoms with van der Waals surface area (Å²) in [7, 11) is 0. The first-order valence-electron chi connectivity index (χ1n) is 8.15. The maximum Gasteiger partial charge on any atom is 0.251 e. The van der Waals surface area contributed by atoms with E-state index in [-0.39, 0.29) is 29.7 Å². The van der Waals surface area contributed by atoms with Gasteiger partial charge in [0.05, 0.1) is 0 Å². The van der Waals surface area contributed by atoms with Gasteiger partial charge in [-0.15, -0.1) is 11.8 Å². The first-order valence-corrected chi connectivity index (χ1v) is 9.13. The first-order chi connectivity index (χ1) is 12.5. The Kier molecular flexibility index (Phi) is 7.59. The Morgan fingerprint density at radius 2 is 1.69 bits per heavy atom. The molecule has 7 heteroatoms. The lowest BCUT2D eigenvalue weighted by Crippen LogP contribution is -2.34. The zero-order chi connectivity index (χ0) is 18.9. The number of aryl methyl sites for hydroxylation is 1. The van der Waals surface area contributed by atoms with Crippen LogP contribution in [0.5, 0.6) is 0 Å². The molecule has 4 nitrogen and oxygen atoms in total. The van der Waals surface area contributed by atoms with Crippen LogP contribution in [-0.2, 0) is 4.79 Å². The molecule has 26 heavy (non-hydrogen) atoms. The quantitative estimate of drug-likeness (QED) is 0.547. The van der Waals surface area contributed by atoms with Crippen molar-refractivity contribution in [3.05, 3.63) is 65.2 Å². The predicted octanol–water partition coefficient (Wildman–Crippen LogP) is 3.30. The lowest BCUT2D eigenvalue weighted by molar-refractivity contribution is -0.120. The summed E-state index contributed by atoms with van der Waals surface area (Å²) >= 11 is 1.47. The third-order valence-corrected chi connectivity index (χ3v) is 4.59. The fourth-order valence-electron chi connectivity index (χ4n) is 2.09. The smallest absolute Gasteiger partial charge is 0.251 e. The molecular weight excluding hydrogens is 358 g/mol. The van der Waals surface area contributed by atoms with Gasteiger partial charge in [0.1, 0.15) is 11.6 Å². The van der Waals surface area contributed by atoms with E-state index in [1.54, 1.807) is 31.2 Å². The van der Waals surface area contributed by atoms with Crippen molar-refractivity contribution in [2.75, 3.05) is 18.8 Å².